The van der Waals surface area contributed by atoms with Crippen LogP contribution in [0, 0.1) is 0 Å². The number of likely N-dealkylation sites (N-methyl/N-ethyl adjacent to an activating group) is 1. The van der Waals surface area contributed by atoms with E-state index in [2.05, 4.69) is 0 Å². The molecule has 98 valence electrons. The van der Waals surface area contributed by atoms with Crippen molar-refractivity contribution in [2.45, 2.75) is 12.6 Å². The number of aliphatic hydroxyl groups excluding tert-OH is 1. The van der Waals surface area contributed by atoms with Crippen LogP contribution in [0.2, 0.25) is 0 Å². The molecule has 0 saturated carbocycles. The lowest BCUT2D eigenvalue weighted by Gasteiger charge is -2.19. The van der Waals surface area contributed by atoms with Crippen LogP contribution in [-0.2, 0) is 16.0 Å². The van der Waals surface area contributed by atoms with Crippen molar-refractivity contribution in [2.75, 3.05) is 40.5 Å². The Bertz CT molecular complexity index is 276. The third kappa shape index (κ3) is 6.43. The van der Waals surface area contributed by atoms with Gasteiger partial charge in [-0.25, -0.2) is 0 Å². The van der Waals surface area contributed by atoms with Gasteiger partial charge < -0.3 is 19.0 Å². The van der Waals surface area contributed by atoms with Gasteiger partial charge in [-0.3, -0.25) is 4.90 Å². The van der Waals surface area contributed by atoms with Crippen molar-refractivity contribution >= 4 is 0 Å². The predicted octanol–water partition coefficient (Wildman–Crippen LogP) is 0.735. The van der Waals surface area contributed by atoms with E-state index in [0.717, 1.165) is 5.76 Å². The molecule has 0 spiro atoms. The van der Waals surface area contributed by atoms with Crippen LogP contribution in [0.5, 0.6) is 0 Å². The first-order chi connectivity index (χ1) is 8.22. The molecule has 5 heteroatoms. The Labute approximate surface area is 102 Å². The quantitative estimate of drug-likeness (QED) is 0.648. The zero-order valence-corrected chi connectivity index (χ0v) is 10.5. The molecule has 1 unspecified atom stereocenters. The maximum atomic E-state index is 9.71. The molecule has 0 saturated heterocycles. The first-order valence-corrected chi connectivity index (χ1v) is 5.68. The fourth-order valence-electron chi connectivity index (χ4n) is 1.51. The maximum Gasteiger partial charge on any atom is 0.117 e. The number of hydrogen-bond acceptors (Lipinski definition) is 5. The lowest BCUT2D eigenvalue weighted by atomic mass is 10.3. The molecule has 0 amide bonds. The van der Waals surface area contributed by atoms with Crippen molar-refractivity contribution in [3.63, 3.8) is 0 Å². The van der Waals surface area contributed by atoms with Crippen molar-refractivity contribution in [1.82, 2.24) is 4.90 Å². The Morgan fingerprint density at radius 2 is 2.29 bits per heavy atom. The summed E-state index contributed by atoms with van der Waals surface area (Å²) in [6.07, 6.45) is 1.15. The van der Waals surface area contributed by atoms with Crippen LogP contribution in [0.1, 0.15) is 5.76 Å². The summed E-state index contributed by atoms with van der Waals surface area (Å²) in [4.78, 5) is 1.99. The molecule has 0 radical (unpaired) electrons. The van der Waals surface area contributed by atoms with Gasteiger partial charge in [0.2, 0.25) is 0 Å². The average Bonchev–Trinajstić information content (AvgIpc) is 2.77. The van der Waals surface area contributed by atoms with Crippen molar-refractivity contribution in [3.05, 3.63) is 24.2 Å². The topological polar surface area (TPSA) is 55.1 Å². The van der Waals surface area contributed by atoms with Gasteiger partial charge >= 0.3 is 0 Å². The molecule has 17 heavy (non-hydrogen) atoms. The van der Waals surface area contributed by atoms with Gasteiger partial charge in [-0.15, -0.1) is 0 Å². The Hall–Kier alpha value is -0.880. The van der Waals surface area contributed by atoms with Crippen LogP contribution in [0.3, 0.4) is 0 Å². The molecule has 0 aliphatic rings. The summed E-state index contributed by atoms with van der Waals surface area (Å²) in [6, 6.07) is 3.77. The minimum Gasteiger partial charge on any atom is -0.468 e. The lowest BCUT2D eigenvalue weighted by molar-refractivity contribution is 0.00106. The zero-order chi connectivity index (χ0) is 12.5. The summed E-state index contributed by atoms with van der Waals surface area (Å²) >= 11 is 0. The summed E-state index contributed by atoms with van der Waals surface area (Å²) in [5.41, 5.74) is 0. The molecule has 1 rings (SSSR count). The summed E-state index contributed by atoms with van der Waals surface area (Å²) in [5.74, 6) is 0.889. The van der Waals surface area contributed by atoms with Crippen molar-refractivity contribution in [2.24, 2.45) is 0 Å². The third-order valence-corrected chi connectivity index (χ3v) is 2.27. The smallest absolute Gasteiger partial charge is 0.117 e. The predicted molar refractivity (Wildman–Crippen MR) is 63.7 cm³/mol. The largest absolute Gasteiger partial charge is 0.468 e. The fraction of sp³-hybridized carbons (Fsp3) is 0.667. The molecule has 1 aromatic heterocycles. The van der Waals surface area contributed by atoms with Gasteiger partial charge in [-0.2, -0.15) is 0 Å². The average molecular weight is 243 g/mol. The van der Waals surface area contributed by atoms with Crippen LogP contribution >= 0.6 is 0 Å². The van der Waals surface area contributed by atoms with E-state index in [1.165, 1.54) is 0 Å². The molecule has 1 aromatic rings. The van der Waals surface area contributed by atoms with Gasteiger partial charge in [-0.05, 0) is 19.2 Å². The highest BCUT2D eigenvalue weighted by Crippen LogP contribution is 2.04. The van der Waals surface area contributed by atoms with E-state index in [1.54, 1.807) is 13.4 Å². The van der Waals surface area contributed by atoms with Gasteiger partial charge in [0.15, 0.2) is 0 Å². The van der Waals surface area contributed by atoms with E-state index in [-0.39, 0.29) is 0 Å². The first-order valence-electron chi connectivity index (χ1n) is 5.68. The number of nitrogens with zero attached hydrogens (tertiary/aromatic N) is 1. The highest BCUT2D eigenvalue weighted by atomic mass is 16.5. The van der Waals surface area contributed by atoms with Gasteiger partial charge in [0, 0.05) is 13.7 Å². The second-order valence-electron chi connectivity index (χ2n) is 4.00. The van der Waals surface area contributed by atoms with Crippen LogP contribution in [0.15, 0.2) is 22.8 Å². The van der Waals surface area contributed by atoms with E-state index in [0.29, 0.717) is 32.9 Å². The lowest BCUT2D eigenvalue weighted by Crippen LogP contribution is -2.32. The molecular weight excluding hydrogens is 222 g/mol. The molecule has 0 aliphatic heterocycles. The van der Waals surface area contributed by atoms with Crippen LogP contribution in [0.25, 0.3) is 0 Å². The molecule has 1 heterocycles. The number of aliphatic hydroxyl groups is 1. The fourth-order valence-corrected chi connectivity index (χ4v) is 1.51. The number of rotatable bonds is 9. The summed E-state index contributed by atoms with van der Waals surface area (Å²) < 4.78 is 15.3. The molecule has 0 fully saturated rings. The first kappa shape index (κ1) is 14.2. The standard InChI is InChI=1S/C12H21NO4/c1-13(9-12-4-3-5-17-12)8-11(14)10-16-7-6-15-2/h3-5,11,14H,6-10H2,1-2H3. The van der Waals surface area contributed by atoms with Gasteiger partial charge in [0.25, 0.3) is 0 Å². The van der Waals surface area contributed by atoms with Crippen LogP contribution < -0.4 is 0 Å². The van der Waals surface area contributed by atoms with Crippen molar-refractivity contribution in [3.8, 4) is 0 Å². The normalized spacial score (nSPS) is 13.2. The summed E-state index contributed by atoms with van der Waals surface area (Å²) in [7, 11) is 3.55. The van der Waals surface area contributed by atoms with E-state index in [1.807, 2.05) is 24.1 Å². The van der Waals surface area contributed by atoms with E-state index in [4.69, 9.17) is 13.9 Å². The number of ether oxygens (including phenoxy) is 2. The molecule has 1 N–H and O–H groups in total. The van der Waals surface area contributed by atoms with Crippen LogP contribution in [0.4, 0.5) is 0 Å². The van der Waals surface area contributed by atoms with Gasteiger partial charge in [0.05, 0.1) is 38.7 Å². The third-order valence-electron chi connectivity index (χ3n) is 2.27. The van der Waals surface area contributed by atoms with E-state index in [9.17, 15) is 5.11 Å². The van der Waals surface area contributed by atoms with Gasteiger partial charge in [-0.1, -0.05) is 0 Å². The monoisotopic (exact) mass is 243 g/mol. The maximum absolute atomic E-state index is 9.71. The Morgan fingerprint density at radius 3 is 2.94 bits per heavy atom. The van der Waals surface area contributed by atoms with Crippen molar-refractivity contribution < 1.29 is 19.0 Å². The SMILES string of the molecule is COCCOCC(O)CN(C)Cc1ccco1. The number of hydrogen-bond donors (Lipinski definition) is 1. The van der Waals surface area contributed by atoms with E-state index < -0.39 is 6.10 Å². The number of furan rings is 1. The molecule has 1 atom stereocenters. The highest BCUT2D eigenvalue weighted by Gasteiger charge is 2.09. The second kappa shape index (κ2) is 8.25. The molecule has 5 nitrogen and oxygen atoms in total. The second-order valence-corrected chi connectivity index (χ2v) is 4.00. The van der Waals surface area contributed by atoms with Crippen LogP contribution in [-0.4, -0.2) is 56.6 Å². The minimum atomic E-state index is -0.494. The summed E-state index contributed by atoms with van der Waals surface area (Å²) in [6.45, 7) is 2.62. The Kier molecular flexibility index (Phi) is 6.88. The molecule has 0 aromatic carbocycles. The van der Waals surface area contributed by atoms with E-state index >= 15 is 0 Å². The Morgan fingerprint density at radius 1 is 1.47 bits per heavy atom. The summed E-state index contributed by atoms with van der Waals surface area (Å²) in [5, 5.41) is 9.71. The molecule has 0 bridgehead atoms. The van der Waals surface area contributed by atoms with Crippen molar-refractivity contribution in [1.29, 1.82) is 0 Å². The Balaban J connectivity index is 2.10. The molecular formula is C12H21NO4. The minimum absolute atomic E-state index is 0.325. The molecule has 0 aliphatic carbocycles. The zero-order valence-electron chi connectivity index (χ0n) is 10.5. The number of methoxy groups -OCH3 is 1. The highest BCUT2D eigenvalue weighted by molar-refractivity contribution is 4.97. The van der Waals surface area contributed by atoms with Gasteiger partial charge in [0.1, 0.15) is 5.76 Å².